The number of hydrogen-bond donors (Lipinski definition) is 0. The predicted molar refractivity (Wildman–Crippen MR) is 113 cm³/mol. The third-order valence-corrected chi connectivity index (χ3v) is 5.68. The van der Waals surface area contributed by atoms with Crippen LogP contribution in [-0.2, 0) is 25.7 Å². The highest BCUT2D eigenvalue weighted by molar-refractivity contribution is 5.76. The molecule has 0 fully saturated rings. The molecular formula is C24H17F4N3O2. The molecule has 0 bridgehead atoms. The summed E-state index contributed by atoms with van der Waals surface area (Å²) < 4.78 is 57.4. The number of benzene rings is 2. The van der Waals surface area contributed by atoms with Crippen LogP contribution in [-0.4, -0.2) is 21.4 Å². The second-order valence-corrected chi connectivity index (χ2v) is 7.93. The summed E-state index contributed by atoms with van der Waals surface area (Å²) in [6.07, 6.45) is -0.726. The molecule has 0 amide bonds. The highest BCUT2D eigenvalue weighted by atomic mass is 19.4. The second kappa shape index (κ2) is 8.08. The first-order valence-corrected chi connectivity index (χ1v) is 10.2. The van der Waals surface area contributed by atoms with Crippen molar-refractivity contribution >= 4 is 11.0 Å². The van der Waals surface area contributed by atoms with E-state index in [1.807, 2.05) is 4.90 Å². The van der Waals surface area contributed by atoms with E-state index >= 15 is 0 Å². The van der Waals surface area contributed by atoms with Crippen molar-refractivity contribution in [2.24, 2.45) is 0 Å². The Balaban J connectivity index is 1.34. The van der Waals surface area contributed by atoms with Crippen LogP contribution in [0.15, 0.2) is 64.1 Å². The van der Waals surface area contributed by atoms with Gasteiger partial charge in [-0.15, -0.1) is 0 Å². The maximum atomic E-state index is 13.5. The molecule has 1 aliphatic rings. The Morgan fingerprint density at radius 2 is 1.88 bits per heavy atom. The van der Waals surface area contributed by atoms with Crippen molar-refractivity contribution in [1.82, 2.24) is 14.9 Å². The lowest BCUT2D eigenvalue weighted by Crippen LogP contribution is -2.32. The number of hydrogen-bond acceptors (Lipinski definition) is 5. The van der Waals surface area contributed by atoms with Gasteiger partial charge < -0.3 is 4.42 Å². The molecule has 0 N–H and O–H groups in total. The Bertz CT molecular complexity index is 1400. The molecule has 9 heteroatoms. The third kappa shape index (κ3) is 4.23. The Labute approximate surface area is 185 Å². The van der Waals surface area contributed by atoms with Crippen LogP contribution in [0.1, 0.15) is 22.4 Å². The summed E-state index contributed by atoms with van der Waals surface area (Å²) in [4.78, 5) is 23.6. The third-order valence-electron chi connectivity index (χ3n) is 5.68. The number of nitrogens with zero attached hydrogens (tertiary/aromatic N) is 3. The first kappa shape index (κ1) is 21.3. The summed E-state index contributed by atoms with van der Waals surface area (Å²) in [6.45, 7) is 1.45. The molecule has 0 atom stereocenters. The Hall–Kier alpha value is -3.59. The van der Waals surface area contributed by atoms with Crippen molar-refractivity contribution in [3.63, 3.8) is 0 Å². The fourth-order valence-corrected chi connectivity index (χ4v) is 3.95. The monoisotopic (exact) mass is 455 g/mol. The first-order valence-electron chi connectivity index (χ1n) is 10.2. The molecule has 5 nitrogen and oxygen atoms in total. The summed E-state index contributed by atoms with van der Waals surface area (Å²) in [5.41, 5.74) is 1.99. The number of aromatic nitrogens is 2. The standard InChI is InChI=1S/C24H17F4N3O2/c25-18-5-6-21-19(9-18)22(32)16(13-33-21)12-31-8-7-20-15(11-31)10-29-23(30-20)14-1-3-17(4-2-14)24(26,27)28/h1-6,9-10,13H,7-8,11-12H2. The maximum Gasteiger partial charge on any atom is 0.416 e. The smallest absolute Gasteiger partial charge is 0.416 e. The van der Waals surface area contributed by atoms with Gasteiger partial charge in [-0.1, -0.05) is 12.1 Å². The van der Waals surface area contributed by atoms with Gasteiger partial charge in [0.15, 0.2) is 11.3 Å². The van der Waals surface area contributed by atoms with E-state index in [0.717, 1.165) is 23.4 Å². The van der Waals surface area contributed by atoms with E-state index in [0.29, 0.717) is 48.6 Å². The summed E-state index contributed by atoms with van der Waals surface area (Å²) in [5.74, 6) is -0.132. The molecule has 0 saturated carbocycles. The molecule has 0 saturated heterocycles. The molecule has 4 aromatic rings. The number of halogens is 4. The predicted octanol–water partition coefficient (Wildman–Crippen LogP) is 4.97. The average Bonchev–Trinajstić information content (AvgIpc) is 2.80. The van der Waals surface area contributed by atoms with Crippen LogP contribution < -0.4 is 5.43 Å². The Kier molecular flexibility index (Phi) is 5.20. The lowest BCUT2D eigenvalue weighted by molar-refractivity contribution is -0.137. The quantitative estimate of drug-likeness (QED) is 0.409. The minimum atomic E-state index is -4.39. The number of fused-ring (bicyclic) bond motifs is 2. The largest absolute Gasteiger partial charge is 0.464 e. The summed E-state index contributed by atoms with van der Waals surface area (Å²) in [5, 5.41) is 0.203. The summed E-state index contributed by atoms with van der Waals surface area (Å²) in [6, 6.07) is 8.60. The van der Waals surface area contributed by atoms with Gasteiger partial charge in [0, 0.05) is 48.9 Å². The van der Waals surface area contributed by atoms with Crippen LogP contribution >= 0.6 is 0 Å². The molecule has 33 heavy (non-hydrogen) atoms. The van der Waals surface area contributed by atoms with Gasteiger partial charge in [0.05, 0.1) is 22.9 Å². The molecular weight excluding hydrogens is 438 g/mol. The van der Waals surface area contributed by atoms with Crippen molar-refractivity contribution in [2.75, 3.05) is 6.54 Å². The van der Waals surface area contributed by atoms with Crippen LogP contribution in [0.25, 0.3) is 22.4 Å². The zero-order chi connectivity index (χ0) is 23.2. The van der Waals surface area contributed by atoms with Gasteiger partial charge >= 0.3 is 6.18 Å². The van der Waals surface area contributed by atoms with Gasteiger partial charge in [-0.3, -0.25) is 9.69 Å². The van der Waals surface area contributed by atoms with E-state index in [1.165, 1.54) is 36.6 Å². The molecule has 1 aliphatic heterocycles. The van der Waals surface area contributed by atoms with Gasteiger partial charge in [-0.2, -0.15) is 13.2 Å². The molecule has 0 spiro atoms. The van der Waals surface area contributed by atoms with Crippen molar-refractivity contribution in [2.45, 2.75) is 25.7 Å². The van der Waals surface area contributed by atoms with Crippen LogP contribution in [0.2, 0.25) is 0 Å². The molecule has 5 rings (SSSR count). The molecule has 3 heterocycles. The van der Waals surface area contributed by atoms with Gasteiger partial charge in [0.1, 0.15) is 11.4 Å². The highest BCUT2D eigenvalue weighted by Gasteiger charge is 2.30. The molecule has 0 unspecified atom stereocenters. The SMILES string of the molecule is O=c1c(CN2CCc3nc(-c4ccc(C(F)(F)F)cc4)ncc3C2)coc2ccc(F)cc12. The molecule has 2 aromatic carbocycles. The van der Waals surface area contributed by atoms with Crippen LogP contribution in [0.3, 0.4) is 0 Å². The van der Waals surface area contributed by atoms with E-state index in [2.05, 4.69) is 9.97 Å². The molecule has 0 radical (unpaired) electrons. The first-order chi connectivity index (χ1) is 15.8. The van der Waals surface area contributed by atoms with Crippen molar-refractivity contribution in [3.8, 4) is 11.4 Å². The zero-order valence-electron chi connectivity index (χ0n) is 17.2. The van der Waals surface area contributed by atoms with Crippen molar-refractivity contribution in [1.29, 1.82) is 0 Å². The minimum Gasteiger partial charge on any atom is -0.464 e. The summed E-state index contributed by atoms with van der Waals surface area (Å²) >= 11 is 0. The van der Waals surface area contributed by atoms with Gasteiger partial charge in [-0.05, 0) is 30.3 Å². The topological polar surface area (TPSA) is 59.2 Å². The van der Waals surface area contributed by atoms with E-state index < -0.39 is 17.6 Å². The maximum absolute atomic E-state index is 13.5. The lowest BCUT2D eigenvalue weighted by Gasteiger charge is -2.27. The highest BCUT2D eigenvalue weighted by Crippen LogP contribution is 2.30. The summed E-state index contributed by atoms with van der Waals surface area (Å²) in [7, 11) is 0. The van der Waals surface area contributed by atoms with E-state index in [9.17, 15) is 22.4 Å². The molecule has 0 aliphatic carbocycles. The van der Waals surface area contributed by atoms with Crippen LogP contribution in [0, 0.1) is 5.82 Å². The second-order valence-electron chi connectivity index (χ2n) is 7.93. The van der Waals surface area contributed by atoms with E-state index in [4.69, 9.17) is 4.42 Å². The van der Waals surface area contributed by atoms with Crippen LogP contribution in [0.4, 0.5) is 17.6 Å². The van der Waals surface area contributed by atoms with E-state index in [1.54, 1.807) is 6.20 Å². The normalized spacial score (nSPS) is 14.4. The van der Waals surface area contributed by atoms with Crippen molar-refractivity contribution in [3.05, 3.63) is 93.3 Å². The Morgan fingerprint density at radius 3 is 2.64 bits per heavy atom. The fourth-order valence-electron chi connectivity index (χ4n) is 3.95. The number of rotatable bonds is 3. The number of alkyl halides is 3. The Morgan fingerprint density at radius 1 is 1.09 bits per heavy atom. The van der Waals surface area contributed by atoms with Gasteiger partial charge in [-0.25, -0.2) is 14.4 Å². The minimum absolute atomic E-state index is 0.203. The van der Waals surface area contributed by atoms with Gasteiger partial charge in [0.2, 0.25) is 0 Å². The molecule has 168 valence electrons. The molecule has 2 aromatic heterocycles. The fraction of sp³-hybridized carbons (Fsp3) is 0.208. The van der Waals surface area contributed by atoms with Gasteiger partial charge in [0.25, 0.3) is 0 Å². The lowest BCUT2D eigenvalue weighted by atomic mass is 10.1. The van der Waals surface area contributed by atoms with Crippen LogP contribution in [0.5, 0.6) is 0 Å². The van der Waals surface area contributed by atoms with E-state index in [-0.39, 0.29) is 10.8 Å². The average molecular weight is 455 g/mol. The van der Waals surface area contributed by atoms with Crippen molar-refractivity contribution < 1.29 is 22.0 Å². The zero-order valence-corrected chi connectivity index (χ0v) is 17.2.